The normalized spacial score (nSPS) is 17.5. The number of fused-ring (bicyclic) bond motifs is 15. The number of aromatic nitrogens is 5. The van der Waals surface area contributed by atoms with E-state index in [0.717, 1.165) is 253 Å². The SMILES string of the molecule is Cc1c(C(=O)CN2CCCCC2)cc2n1-c1ccc(F)cc1CC2.Cc1cc(C(=O)CN2CCCCC2)c2n1-c1ccc(F)cc1CC2.O=C(CN1CCCCC1)c1cc2n(c1)-c1ccc(F)cc1CC2.O=C(CN1CCCCC1)c1ccn2c1CCc1cc(Cl)ccc1-2.O=C(CN1CCCCC1)c1ccn2c1CCc1cc(F)ccc1-2. The number of rotatable bonds is 15. The number of Topliss-reactive ketones (excluding diaryl/α,β-unsaturated/α-hetero) is 5. The molecule has 0 aliphatic carbocycles. The number of benzene rings is 5. The number of nitrogens with zero attached hydrogens (tertiary/aromatic N) is 10. The van der Waals surface area contributed by atoms with E-state index in [-0.39, 0.29) is 52.2 Å². The van der Waals surface area contributed by atoms with Gasteiger partial charge >= 0.3 is 0 Å². The minimum absolute atomic E-state index is 0.191. The average Bonchev–Trinajstić information content (AvgIpc) is 1.63. The molecule has 0 radical (unpaired) electrons. The highest BCUT2D eigenvalue weighted by molar-refractivity contribution is 6.30. The van der Waals surface area contributed by atoms with E-state index in [1.54, 1.807) is 24.3 Å². The van der Waals surface area contributed by atoms with Gasteiger partial charge in [-0.1, -0.05) is 43.7 Å². The number of aryl methyl sites for hydroxylation is 8. The zero-order valence-electron chi connectivity index (χ0n) is 68.0. The lowest BCUT2D eigenvalue weighted by atomic mass is 9.98. The highest BCUT2D eigenvalue weighted by Crippen LogP contribution is 2.37. The first kappa shape index (κ1) is 81.4. The van der Waals surface area contributed by atoms with E-state index < -0.39 is 0 Å². The lowest BCUT2D eigenvalue weighted by Crippen LogP contribution is -2.34. The standard InChI is InChI=1S/2C20H23FN2O.C19H21ClN2O.2C19H21FN2O/c1-14-18(20(24)13-22-9-3-2-4-10-22)12-17-7-5-15-11-16(21)6-8-19(15)23(14)17;1-14-11-17(20(24)13-22-9-3-2-4-10-22)19-7-5-15-12-16(21)6-8-18(15)23(14)19;2*20-15-5-7-17-14(12-15)4-6-18-16(8-11-22(17)18)19(23)13-21-9-2-1-3-10-21;20-16-5-7-18-14(10-16)4-6-17-11-15(12-22(17)18)19(23)13-21-8-2-1-3-9-21/h2*6,8,11-12H,2-5,7,9-10,13H2,1H3;2*5,7-8,11-12H,1-4,6,9-10,13H2;5,7,10-12H,1-4,6,8-9,13H2. The Morgan fingerprint density at radius 1 is 0.308 bits per heavy atom. The Hall–Kier alpha value is -9.34. The van der Waals surface area contributed by atoms with Crippen molar-refractivity contribution in [2.24, 2.45) is 0 Å². The van der Waals surface area contributed by atoms with Crippen molar-refractivity contribution in [3.63, 3.8) is 0 Å². The summed E-state index contributed by atoms with van der Waals surface area (Å²) in [7, 11) is 0. The van der Waals surface area contributed by atoms with Gasteiger partial charge in [-0.3, -0.25) is 48.5 Å². The maximum Gasteiger partial charge on any atom is 0.178 e. The molecular formula is C97H109ClF4N10O5. The van der Waals surface area contributed by atoms with E-state index in [2.05, 4.69) is 53.4 Å². The third-order valence-corrected chi connectivity index (χ3v) is 26.0. The zero-order valence-corrected chi connectivity index (χ0v) is 68.7. The van der Waals surface area contributed by atoms with Gasteiger partial charge in [0.25, 0.3) is 0 Å². The molecule has 5 saturated heterocycles. The number of piperidine rings is 5. The van der Waals surface area contributed by atoms with Crippen LogP contribution in [0.2, 0.25) is 5.02 Å². The van der Waals surface area contributed by atoms with Gasteiger partial charge in [0.05, 0.1) is 32.7 Å². The van der Waals surface area contributed by atoms with Crippen molar-refractivity contribution in [2.45, 2.75) is 174 Å². The van der Waals surface area contributed by atoms with Crippen LogP contribution < -0.4 is 0 Å². The lowest BCUT2D eigenvalue weighted by Gasteiger charge is -2.26. The molecule has 0 atom stereocenters. The molecule has 0 N–H and O–H groups in total. The van der Waals surface area contributed by atoms with Crippen molar-refractivity contribution in [3.8, 4) is 28.4 Å². The highest BCUT2D eigenvalue weighted by Gasteiger charge is 2.32. The third kappa shape index (κ3) is 18.6. The van der Waals surface area contributed by atoms with Crippen molar-refractivity contribution in [3.05, 3.63) is 264 Å². The van der Waals surface area contributed by atoms with Crippen LogP contribution in [0.4, 0.5) is 17.6 Å². The first-order chi connectivity index (χ1) is 56.9. The molecule has 5 aromatic carbocycles. The molecule has 0 bridgehead atoms. The summed E-state index contributed by atoms with van der Waals surface area (Å²) in [5.74, 6) is 0.328. The van der Waals surface area contributed by atoms with Crippen LogP contribution >= 0.6 is 11.6 Å². The summed E-state index contributed by atoms with van der Waals surface area (Å²) in [6.45, 7) is 17.0. The molecule has 0 amide bonds. The molecule has 117 heavy (non-hydrogen) atoms. The van der Waals surface area contributed by atoms with E-state index in [1.165, 1.54) is 126 Å². The van der Waals surface area contributed by atoms with Gasteiger partial charge in [-0.25, -0.2) is 17.6 Å². The fourth-order valence-electron chi connectivity index (χ4n) is 19.7. The van der Waals surface area contributed by atoms with Gasteiger partial charge in [-0.2, -0.15) is 0 Å². The highest BCUT2D eigenvalue weighted by atomic mass is 35.5. The molecule has 0 saturated carbocycles. The van der Waals surface area contributed by atoms with E-state index in [1.807, 2.05) is 99.2 Å². The predicted molar refractivity (Wildman–Crippen MR) is 453 cm³/mol. The van der Waals surface area contributed by atoms with Gasteiger partial charge in [0, 0.05) is 120 Å². The zero-order chi connectivity index (χ0) is 80.8. The van der Waals surface area contributed by atoms with Gasteiger partial charge in [0.15, 0.2) is 28.9 Å². The Bertz CT molecular complexity index is 5090. The Kier molecular flexibility index (Phi) is 25.7. The number of hydrogen-bond acceptors (Lipinski definition) is 10. The summed E-state index contributed by atoms with van der Waals surface area (Å²) >= 11 is 6.10. The quantitative estimate of drug-likeness (QED) is 0.0723. The van der Waals surface area contributed by atoms with Gasteiger partial charge in [-0.15, -0.1) is 0 Å². The molecule has 20 heteroatoms. The number of likely N-dealkylation sites (tertiary alicyclic amines) is 5. The summed E-state index contributed by atoms with van der Waals surface area (Å²) in [5.41, 5.74) is 22.4. The topological polar surface area (TPSA) is 126 Å². The van der Waals surface area contributed by atoms with E-state index in [9.17, 15) is 41.5 Å². The van der Waals surface area contributed by atoms with Crippen molar-refractivity contribution in [2.75, 3.05) is 98.2 Å². The van der Waals surface area contributed by atoms with Gasteiger partial charge in [-0.05, 0) is 357 Å². The second-order valence-corrected chi connectivity index (χ2v) is 34.2. The summed E-state index contributed by atoms with van der Waals surface area (Å²) in [6.07, 6.45) is 32.7. The Labute approximate surface area is 690 Å². The van der Waals surface area contributed by atoms with Crippen molar-refractivity contribution in [1.29, 1.82) is 0 Å². The number of ketones is 5. The fourth-order valence-corrected chi connectivity index (χ4v) is 19.9. The molecule has 10 aliphatic heterocycles. The average molecular weight is 1610 g/mol. The molecule has 0 unspecified atom stereocenters. The largest absolute Gasteiger partial charge is 0.320 e. The van der Waals surface area contributed by atoms with Crippen LogP contribution in [0, 0.1) is 37.1 Å². The summed E-state index contributed by atoms with van der Waals surface area (Å²) in [4.78, 5) is 75.0. The van der Waals surface area contributed by atoms with E-state index >= 15 is 0 Å². The molecule has 15 heterocycles. The smallest absolute Gasteiger partial charge is 0.178 e. The molecule has 5 fully saturated rings. The van der Waals surface area contributed by atoms with Crippen LogP contribution in [0.5, 0.6) is 0 Å². The molecular weight excluding hydrogens is 1500 g/mol. The molecule has 10 aliphatic rings. The van der Waals surface area contributed by atoms with Gasteiger partial charge in [0.1, 0.15) is 23.3 Å². The monoisotopic (exact) mass is 1600 g/mol. The van der Waals surface area contributed by atoms with E-state index in [4.69, 9.17) is 11.6 Å². The number of hydrogen-bond donors (Lipinski definition) is 0. The number of halogens is 5. The molecule has 10 aromatic rings. The summed E-state index contributed by atoms with van der Waals surface area (Å²) in [5, 5.41) is 0.778. The van der Waals surface area contributed by atoms with Crippen LogP contribution in [0.15, 0.2) is 140 Å². The maximum atomic E-state index is 13.5. The first-order valence-corrected chi connectivity index (χ1v) is 43.6. The van der Waals surface area contributed by atoms with E-state index in [0.29, 0.717) is 32.7 Å². The second-order valence-electron chi connectivity index (χ2n) is 33.8. The van der Waals surface area contributed by atoms with Crippen molar-refractivity contribution < 1.29 is 41.5 Å². The van der Waals surface area contributed by atoms with Crippen molar-refractivity contribution >= 4 is 40.5 Å². The number of carbonyl (C=O) groups excluding carboxylic acids is 5. The predicted octanol–water partition coefficient (Wildman–Crippen LogP) is 18.0. The van der Waals surface area contributed by atoms with Gasteiger partial charge in [0.2, 0.25) is 0 Å². The number of carbonyl (C=O) groups is 5. The summed E-state index contributed by atoms with van der Waals surface area (Å²) < 4.78 is 64.3. The van der Waals surface area contributed by atoms with Crippen LogP contribution in [-0.4, -0.2) is 174 Å². The molecule has 0 spiro atoms. The molecule has 612 valence electrons. The Morgan fingerprint density at radius 3 is 1.09 bits per heavy atom. The van der Waals surface area contributed by atoms with Crippen molar-refractivity contribution in [1.82, 2.24) is 47.3 Å². The minimum atomic E-state index is -0.194. The second kappa shape index (κ2) is 36.9. The lowest BCUT2D eigenvalue weighted by molar-refractivity contribution is 0.0907. The van der Waals surface area contributed by atoms with Gasteiger partial charge < -0.3 is 22.8 Å². The maximum absolute atomic E-state index is 13.5. The minimum Gasteiger partial charge on any atom is -0.320 e. The molecule has 15 nitrogen and oxygen atoms in total. The van der Waals surface area contributed by atoms with Crippen LogP contribution in [-0.2, 0) is 64.2 Å². The van der Waals surface area contributed by atoms with Crippen LogP contribution in [0.3, 0.4) is 0 Å². The first-order valence-electron chi connectivity index (χ1n) is 43.2. The molecule has 20 rings (SSSR count). The Balaban J connectivity index is 0.000000110. The van der Waals surface area contributed by atoms with Crippen LogP contribution in [0.1, 0.15) is 216 Å². The summed E-state index contributed by atoms with van der Waals surface area (Å²) in [6, 6.07) is 35.7. The van der Waals surface area contributed by atoms with Crippen LogP contribution in [0.25, 0.3) is 28.4 Å². The molecule has 5 aromatic heterocycles. The third-order valence-electron chi connectivity index (χ3n) is 25.8. The Morgan fingerprint density at radius 2 is 0.650 bits per heavy atom. The fraction of sp³-hybridized carbons (Fsp3) is 0.433.